The highest BCUT2D eigenvalue weighted by Crippen LogP contribution is 2.23. The molecule has 0 aromatic carbocycles. The number of aliphatic hydroxyl groups is 1. The van der Waals surface area contributed by atoms with Gasteiger partial charge in [-0.15, -0.1) is 0 Å². The average molecular weight is 275 g/mol. The van der Waals surface area contributed by atoms with Crippen LogP contribution in [0.15, 0.2) is 30.9 Å². The number of aliphatic hydroxyl groups excluding tert-OH is 1. The van der Waals surface area contributed by atoms with E-state index in [9.17, 15) is 5.11 Å². The molecule has 0 aliphatic heterocycles. The van der Waals surface area contributed by atoms with Gasteiger partial charge in [0.2, 0.25) is 0 Å². The van der Waals surface area contributed by atoms with E-state index in [1.807, 2.05) is 23.9 Å². The predicted molar refractivity (Wildman–Crippen MR) is 76.6 cm³/mol. The summed E-state index contributed by atoms with van der Waals surface area (Å²) in [5, 5.41) is 14.6. The molecule has 0 saturated carbocycles. The Labute approximate surface area is 119 Å². The maximum absolute atomic E-state index is 10.4. The van der Waals surface area contributed by atoms with Crippen LogP contribution in [0.25, 0.3) is 0 Å². The molecule has 0 bridgehead atoms. The van der Waals surface area contributed by atoms with Gasteiger partial charge in [0.1, 0.15) is 11.9 Å². The molecule has 0 fully saturated rings. The van der Waals surface area contributed by atoms with Crippen molar-refractivity contribution in [3.63, 3.8) is 0 Å². The fourth-order valence-corrected chi connectivity index (χ4v) is 1.95. The molecule has 108 valence electrons. The van der Waals surface area contributed by atoms with E-state index in [0.717, 1.165) is 30.5 Å². The summed E-state index contributed by atoms with van der Waals surface area (Å²) in [4.78, 5) is 4.12. The lowest BCUT2D eigenvalue weighted by atomic mass is 10.1. The molecule has 20 heavy (non-hydrogen) atoms. The highest BCUT2D eigenvalue weighted by molar-refractivity contribution is 5.30. The summed E-state index contributed by atoms with van der Waals surface area (Å²) in [5.41, 5.74) is 1.49. The first-order chi connectivity index (χ1) is 9.74. The van der Waals surface area contributed by atoms with Crippen LogP contribution in [-0.4, -0.2) is 26.5 Å². The SMILES string of the molecule is CCCOc1cncc(C(O)c2cnn(CCC)c2)c1. The van der Waals surface area contributed by atoms with E-state index >= 15 is 0 Å². The van der Waals surface area contributed by atoms with Crippen molar-refractivity contribution in [3.05, 3.63) is 42.0 Å². The number of hydrogen-bond donors (Lipinski definition) is 1. The quantitative estimate of drug-likeness (QED) is 0.843. The van der Waals surface area contributed by atoms with Crippen LogP contribution in [0.1, 0.15) is 43.9 Å². The minimum absolute atomic E-state index is 0.648. The second-order valence-electron chi connectivity index (χ2n) is 4.74. The summed E-state index contributed by atoms with van der Waals surface area (Å²) in [6, 6.07) is 1.82. The molecule has 2 aromatic heterocycles. The van der Waals surface area contributed by atoms with Crippen LogP contribution in [-0.2, 0) is 6.54 Å². The van der Waals surface area contributed by atoms with E-state index in [4.69, 9.17) is 4.74 Å². The van der Waals surface area contributed by atoms with Crippen molar-refractivity contribution in [3.8, 4) is 5.75 Å². The van der Waals surface area contributed by atoms with Gasteiger partial charge < -0.3 is 9.84 Å². The Kier molecular flexibility index (Phi) is 5.12. The smallest absolute Gasteiger partial charge is 0.137 e. The molecule has 5 nitrogen and oxygen atoms in total. The van der Waals surface area contributed by atoms with Crippen LogP contribution < -0.4 is 4.74 Å². The molecule has 5 heteroatoms. The van der Waals surface area contributed by atoms with Gasteiger partial charge in [-0.2, -0.15) is 5.10 Å². The van der Waals surface area contributed by atoms with E-state index in [-0.39, 0.29) is 0 Å². The molecule has 2 aromatic rings. The molecule has 0 spiro atoms. The van der Waals surface area contributed by atoms with E-state index in [1.165, 1.54) is 0 Å². The lowest BCUT2D eigenvalue weighted by Gasteiger charge is -2.10. The molecule has 1 N–H and O–H groups in total. The molecule has 2 heterocycles. The van der Waals surface area contributed by atoms with E-state index in [0.29, 0.717) is 12.4 Å². The Morgan fingerprint density at radius 1 is 1.20 bits per heavy atom. The van der Waals surface area contributed by atoms with Gasteiger partial charge in [0.05, 0.1) is 19.0 Å². The maximum atomic E-state index is 10.4. The van der Waals surface area contributed by atoms with Gasteiger partial charge in [0.15, 0.2) is 0 Å². The molecule has 1 atom stereocenters. The Bertz CT molecular complexity index is 539. The fraction of sp³-hybridized carbons (Fsp3) is 0.467. The van der Waals surface area contributed by atoms with Crippen LogP contribution in [0.5, 0.6) is 5.75 Å². The topological polar surface area (TPSA) is 60.2 Å². The Morgan fingerprint density at radius 3 is 2.80 bits per heavy atom. The summed E-state index contributed by atoms with van der Waals surface area (Å²) in [6.07, 6.45) is 8.11. The second-order valence-corrected chi connectivity index (χ2v) is 4.74. The Hall–Kier alpha value is -1.88. The van der Waals surface area contributed by atoms with Crippen LogP contribution >= 0.6 is 0 Å². The largest absolute Gasteiger partial charge is 0.492 e. The third-order valence-electron chi connectivity index (χ3n) is 2.94. The third-order valence-corrected chi connectivity index (χ3v) is 2.94. The minimum Gasteiger partial charge on any atom is -0.492 e. The van der Waals surface area contributed by atoms with Crippen molar-refractivity contribution in [2.24, 2.45) is 0 Å². The van der Waals surface area contributed by atoms with Gasteiger partial charge in [0.25, 0.3) is 0 Å². The monoisotopic (exact) mass is 275 g/mol. The summed E-state index contributed by atoms with van der Waals surface area (Å²) in [5.74, 6) is 0.685. The fourth-order valence-electron chi connectivity index (χ4n) is 1.95. The highest BCUT2D eigenvalue weighted by Gasteiger charge is 2.14. The Balaban J connectivity index is 2.12. The summed E-state index contributed by atoms with van der Waals surface area (Å²) in [6.45, 7) is 5.64. The van der Waals surface area contributed by atoms with Crippen molar-refractivity contribution < 1.29 is 9.84 Å². The standard InChI is InChI=1S/C15H21N3O2/c1-3-5-18-11-13(9-17-18)15(19)12-7-14(10-16-8-12)20-6-4-2/h7-11,15,19H,3-6H2,1-2H3. The number of hydrogen-bond acceptors (Lipinski definition) is 4. The van der Waals surface area contributed by atoms with Crippen molar-refractivity contribution in [2.45, 2.75) is 39.3 Å². The molecular weight excluding hydrogens is 254 g/mol. The zero-order valence-electron chi connectivity index (χ0n) is 12.0. The zero-order chi connectivity index (χ0) is 14.4. The summed E-state index contributed by atoms with van der Waals surface area (Å²) >= 11 is 0. The van der Waals surface area contributed by atoms with Crippen molar-refractivity contribution in [2.75, 3.05) is 6.61 Å². The first-order valence-corrected chi connectivity index (χ1v) is 7.02. The molecular formula is C15H21N3O2. The molecule has 0 aliphatic rings. The van der Waals surface area contributed by atoms with Gasteiger partial charge in [-0.05, 0) is 18.9 Å². The van der Waals surface area contributed by atoms with Gasteiger partial charge in [-0.3, -0.25) is 9.67 Å². The molecule has 1 unspecified atom stereocenters. The first-order valence-electron chi connectivity index (χ1n) is 7.02. The van der Waals surface area contributed by atoms with Gasteiger partial charge in [-0.1, -0.05) is 13.8 Å². The Morgan fingerprint density at radius 2 is 2.05 bits per heavy atom. The van der Waals surface area contributed by atoms with Crippen LogP contribution in [0.2, 0.25) is 0 Å². The molecule has 0 saturated heterocycles. The second kappa shape index (κ2) is 7.05. The molecule has 2 rings (SSSR count). The van der Waals surface area contributed by atoms with Gasteiger partial charge in [0, 0.05) is 30.1 Å². The molecule has 0 radical (unpaired) electrons. The zero-order valence-corrected chi connectivity index (χ0v) is 12.0. The number of aryl methyl sites for hydroxylation is 1. The minimum atomic E-state index is -0.724. The summed E-state index contributed by atoms with van der Waals surface area (Å²) < 4.78 is 7.37. The van der Waals surface area contributed by atoms with Gasteiger partial charge >= 0.3 is 0 Å². The lowest BCUT2D eigenvalue weighted by Crippen LogP contribution is -2.02. The molecule has 0 aliphatic carbocycles. The number of ether oxygens (including phenoxy) is 1. The van der Waals surface area contributed by atoms with E-state index < -0.39 is 6.10 Å². The summed E-state index contributed by atoms with van der Waals surface area (Å²) in [7, 11) is 0. The van der Waals surface area contributed by atoms with E-state index in [1.54, 1.807) is 18.6 Å². The molecule has 0 amide bonds. The number of pyridine rings is 1. The number of nitrogens with zero attached hydrogens (tertiary/aromatic N) is 3. The van der Waals surface area contributed by atoms with Crippen molar-refractivity contribution in [1.29, 1.82) is 0 Å². The van der Waals surface area contributed by atoms with Gasteiger partial charge in [-0.25, -0.2) is 0 Å². The third kappa shape index (κ3) is 3.57. The lowest BCUT2D eigenvalue weighted by molar-refractivity contribution is 0.218. The number of rotatable bonds is 7. The maximum Gasteiger partial charge on any atom is 0.137 e. The van der Waals surface area contributed by atoms with Crippen LogP contribution in [0, 0.1) is 0 Å². The van der Waals surface area contributed by atoms with Crippen molar-refractivity contribution >= 4 is 0 Å². The highest BCUT2D eigenvalue weighted by atomic mass is 16.5. The first kappa shape index (κ1) is 14.5. The van der Waals surface area contributed by atoms with Crippen molar-refractivity contribution in [1.82, 2.24) is 14.8 Å². The average Bonchev–Trinajstić information content (AvgIpc) is 2.93. The van der Waals surface area contributed by atoms with Crippen LogP contribution in [0.4, 0.5) is 0 Å². The normalized spacial score (nSPS) is 12.3. The van der Waals surface area contributed by atoms with E-state index in [2.05, 4.69) is 17.0 Å². The number of aromatic nitrogens is 3. The predicted octanol–water partition coefficient (Wildman–Crippen LogP) is 2.56. The van der Waals surface area contributed by atoms with Crippen LogP contribution in [0.3, 0.4) is 0 Å².